The summed E-state index contributed by atoms with van der Waals surface area (Å²) >= 11 is 0. The van der Waals surface area contributed by atoms with E-state index >= 15 is 0 Å². The highest BCUT2D eigenvalue weighted by atomic mass is 16.5. The Bertz CT molecular complexity index is 784. The number of pyridine rings is 1. The highest BCUT2D eigenvalue weighted by Gasteiger charge is 2.12. The summed E-state index contributed by atoms with van der Waals surface area (Å²) in [7, 11) is 0. The summed E-state index contributed by atoms with van der Waals surface area (Å²) in [4.78, 5) is 20.4. The molecule has 0 spiro atoms. The van der Waals surface area contributed by atoms with Crippen LogP contribution in [0.15, 0.2) is 53.2 Å². The van der Waals surface area contributed by atoms with E-state index in [9.17, 15) is 4.79 Å². The van der Waals surface area contributed by atoms with Gasteiger partial charge < -0.3 is 9.84 Å². The maximum atomic E-state index is 12.2. The molecule has 0 aliphatic heterocycles. The Hall–Kier alpha value is -3.02. The minimum atomic E-state index is -0.255. The Morgan fingerprint density at radius 1 is 1.18 bits per heavy atom. The largest absolute Gasteiger partial charge is 0.339 e. The van der Waals surface area contributed by atoms with Crippen LogP contribution in [-0.4, -0.2) is 21.0 Å². The number of aromatic nitrogens is 3. The lowest BCUT2D eigenvalue weighted by Gasteiger charge is -2.09. The van der Waals surface area contributed by atoms with Gasteiger partial charge in [-0.05, 0) is 30.7 Å². The topological polar surface area (TPSA) is 80.9 Å². The maximum absolute atomic E-state index is 12.2. The quantitative estimate of drug-likeness (QED) is 0.800. The van der Waals surface area contributed by atoms with Crippen LogP contribution in [-0.2, 0) is 6.42 Å². The van der Waals surface area contributed by atoms with Gasteiger partial charge in [-0.1, -0.05) is 29.4 Å². The monoisotopic (exact) mass is 294 g/mol. The molecular weight excluding hydrogens is 280 g/mol. The van der Waals surface area contributed by atoms with E-state index in [1.165, 1.54) is 0 Å². The van der Waals surface area contributed by atoms with Crippen LogP contribution in [0.2, 0.25) is 0 Å². The van der Waals surface area contributed by atoms with Crippen LogP contribution < -0.4 is 5.32 Å². The molecule has 6 nitrogen and oxygen atoms in total. The normalized spacial score (nSPS) is 10.4. The third kappa shape index (κ3) is 3.17. The number of rotatable bonds is 4. The van der Waals surface area contributed by atoms with Gasteiger partial charge in [0.05, 0.1) is 6.42 Å². The minimum absolute atomic E-state index is 0.255. The van der Waals surface area contributed by atoms with Crippen LogP contribution in [0.3, 0.4) is 0 Å². The molecule has 0 aliphatic rings. The van der Waals surface area contributed by atoms with Crippen LogP contribution in [0.4, 0.5) is 5.69 Å². The van der Waals surface area contributed by atoms with Gasteiger partial charge in [-0.25, -0.2) is 0 Å². The van der Waals surface area contributed by atoms with Gasteiger partial charge in [0.15, 0.2) is 5.82 Å². The van der Waals surface area contributed by atoms with Crippen molar-refractivity contribution in [1.29, 1.82) is 0 Å². The number of carbonyl (C=O) groups is 1. The van der Waals surface area contributed by atoms with Gasteiger partial charge in [-0.15, -0.1) is 0 Å². The minimum Gasteiger partial charge on any atom is -0.339 e. The Morgan fingerprint density at radius 2 is 2.00 bits per heavy atom. The first kappa shape index (κ1) is 13.9. The van der Waals surface area contributed by atoms with Gasteiger partial charge in [0.1, 0.15) is 5.69 Å². The lowest BCUT2D eigenvalue weighted by molar-refractivity contribution is 0.102. The van der Waals surface area contributed by atoms with Crippen molar-refractivity contribution in [2.45, 2.75) is 13.3 Å². The number of hydrogen-bond donors (Lipinski definition) is 1. The van der Waals surface area contributed by atoms with E-state index in [1.807, 2.05) is 24.3 Å². The second kappa shape index (κ2) is 6.17. The van der Waals surface area contributed by atoms with E-state index in [0.29, 0.717) is 29.5 Å². The number of anilines is 1. The summed E-state index contributed by atoms with van der Waals surface area (Å²) in [6, 6.07) is 12.7. The molecule has 0 saturated carbocycles. The van der Waals surface area contributed by atoms with E-state index in [0.717, 1.165) is 5.56 Å². The number of para-hydroxylation sites is 1. The number of nitrogens with one attached hydrogen (secondary N) is 1. The summed E-state index contributed by atoms with van der Waals surface area (Å²) in [5, 5.41) is 6.63. The molecule has 0 saturated heterocycles. The number of hydrogen-bond acceptors (Lipinski definition) is 5. The van der Waals surface area contributed by atoms with E-state index < -0.39 is 0 Å². The Balaban J connectivity index is 1.81. The number of benzene rings is 1. The molecule has 2 aromatic heterocycles. The SMILES string of the molecule is Cc1noc(Cc2ccccc2NC(=O)c2ccccn2)n1. The standard InChI is InChI=1S/C16H14N4O2/c1-11-18-15(22-20-11)10-12-6-2-3-7-13(12)19-16(21)14-8-4-5-9-17-14/h2-9H,10H2,1H3,(H,19,21). The van der Waals surface area contributed by atoms with Crippen LogP contribution in [0, 0.1) is 6.92 Å². The summed E-state index contributed by atoms with van der Waals surface area (Å²) in [5.74, 6) is 0.844. The Labute approximate surface area is 127 Å². The van der Waals surface area contributed by atoms with Gasteiger partial charge in [0.25, 0.3) is 5.91 Å². The van der Waals surface area contributed by atoms with Crippen molar-refractivity contribution in [3.63, 3.8) is 0 Å². The average molecular weight is 294 g/mol. The molecule has 0 bridgehead atoms. The predicted octanol–water partition coefficient (Wildman–Crippen LogP) is 2.62. The third-order valence-electron chi connectivity index (χ3n) is 3.07. The first-order valence-corrected chi connectivity index (χ1v) is 6.82. The lowest BCUT2D eigenvalue weighted by atomic mass is 10.1. The van der Waals surface area contributed by atoms with Gasteiger partial charge in [-0.3, -0.25) is 9.78 Å². The Kier molecular flexibility index (Phi) is 3.91. The molecule has 0 unspecified atom stereocenters. The smallest absolute Gasteiger partial charge is 0.274 e. The fourth-order valence-corrected chi connectivity index (χ4v) is 2.05. The second-order valence-electron chi connectivity index (χ2n) is 4.74. The van der Waals surface area contributed by atoms with Gasteiger partial charge in [0, 0.05) is 11.9 Å². The fraction of sp³-hybridized carbons (Fsp3) is 0.125. The number of aryl methyl sites for hydroxylation is 1. The molecular formula is C16H14N4O2. The second-order valence-corrected chi connectivity index (χ2v) is 4.74. The molecule has 3 rings (SSSR count). The fourth-order valence-electron chi connectivity index (χ4n) is 2.05. The molecule has 0 atom stereocenters. The lowest BCUT2D eigenvalue weighted by Crippen LogP contribution is -2.14. The molecule has 2 heterocycles. The van der Waals surface area contributed by atoms with E-state index in [4.69, 9.17) is 4.52 Å². The van der Waals surface area contributed by atoms with Crippen LogP contribution >= 0.6 is 0 Å². The van der Waals surface area contributed by atoms with E-state index in [1.54, 1.807) is 31.3 Å². The van der Waals surface area contributed by atoms with Crippen LogP contribution in [0.25, 0.3) is 0 Å². The van der Waals surface area contributed by atoms with Crippen molar-refractivity contribution in [2.75, 3.05) is 5.32 Å². The van der Waals surface area contributed by atoms with Crippen molar-refractivity contribution in [3.8, 4) is 0 Å². The highest BCUT2D eigenvalue weighted by Crippen LogP contribution is 2.19. The molecule has 1 aromatic carbocycles. The molecule has 0 fully saturated rings. The molecule has 110 valence electrons. The average Bonchev–Trinajstić information content (AvgIpc) is 2.95. The van der Waals surface area contributed by atoms with Gasteiger partial charge in [-0.2, -0.15) is 4.98 Å². The van der Waals surface area contributed by atoms with Crippen molar-refractivity contribution >= 4 is 11.6 Å². The zero-order valence-electron chi connectivity index (χ0n) is 12.0. The number of carbonyl (C=O) groups excluding carboxylic acids is 1. The molecule has 0 radical (unpaired) electrons. The molecule has 3 aromatic rings. The Morgan fingerprint density at radius 3 is 2.73 bits per heavy atom. The van der Waals surface area contributed by atoms with Crippen LogP contribution in [0.1, 0.15) is 27.8 Å². The summed E-state index contributed by atoms with van der Waals surface area (Å²) in [6.45, 7) is 1.77. The summed E-state index contributed by atoms with van der Waals surface area (Å²) in [5.41, 5.74) is 1.97. The van der Waals surface area contributed by atoms with Crippen molar-refractivity contribution in [2.24, 2.45) is 0 Å². The highest BCUT2D eigenvalue weighted by molar-refractivity contribution is 6.03. The first-order valence-electron chi connectivity index (χ1n) is 6.82. The van der Waals surface area contributed by atoms with Crippen LogP contribution in [0.5, 0.6) is 0 Å². The van der Waals surface area contributed by atoms with Crippen molar-refractivity contribution < 1.29 is 9.32 Å². The zero-order valence-corrected chi connectivity index (χ0v) is 12.0. The van der Waals surface area contributed by atoms with Gasteiger partial charge >= 0.3 is 0 Å². The molecule has 0 aliphatic carbocycles. The first-order chi connectivity index (χ1) is 10.7. The molecule has 22 heavy (non-hydrogen) atoms. The van der Waals surface area contributed by atoms with E-state index in [2.05, 4.69) is 20.4 Å². The van der Waals surface area contributed by atoms with Crippen molar-refractivity contribution in [3.05, 3.63) is 71.6 Å². The molecule has 1 amide bonds. The maximum Gasteiger partial charge on any atom is 0.274 e. The zero-order chi connectivity index (χ0) is 15.4. The third-order valence-corrected chi connectivity index (χ3v) is 3.07. The molecule has 1 N–H and O–H groups in total. The number of amides is 1. The summed E-state index contributed by atoms with van der Waals surface area (Å²) in [6.07, 6.45) is 2.04. The van der Waals surface area contributed by atoms with Crippen molar-refractivity contribution in [1.82, 2.24) is 15.1 Å². The summed E-state index contributed by atoms with van der Waals surface area (Å²) < 4.78 is 5.13. The predicted molar refractivity (Wildman–Crippen MR) is 80.5 cm³/mol. The number of nitrogens with zero attached hydrogens (tertiary/aromatic N) is 3. The van der Waals surface area contributed by atoms with E-state index in [-0.39, 0.29) is 5.91 Å². The molecule has 6 heteroatoms. The van der Waals surface area contributed by atoms with Gasteiger partial charge in [0.2, 0.25) is 5.89 Å².